The summed E-state index contributed by atoms with van der Waals surface area (Å²) < 4.78 is 2.02. The molecule has 1 aliphatic rings. The number of carbonyl (C=O) groups excluding carboxylic acids is 2. The van der Waals surface area contributed by atoms with Crippen LogP contribution in [0.3, 0.4) is 0 Å². The van der Waals surface area contributed by atoms with Gasteiger partial charge < -0.3 is 14.8 Å². The maximum atomic E-state index is 12.9. The fourth-order valence-electron chi connectivity index (χ4n) is 4.04. The summed E-state index contributed by atoms with van der Waals surface area (Å²) in [6, 6.07) is 15.6. The Labute approximate surface area is 182 Å². The number of rotatable bonds is 7. The molecule has 4 rings (SSSR count). The van der Waals surface area contributed by atoms with E-state index < -0.39 is 0 Å². The number of benzene rings is 2. The van der Waals surface area contributed by atoms with Crippen molar-refractivity contribution in [2.75, 3.05) is 16.8 Å². The fraction of sp³-hybridized carbons (Fsp3) is 0.320. The Morgan fingerprint density at radius 3 is 2.71 bits per heavy atom. The molecular weight excluding hydrogens is 388 g/mol. The molecule has 2 aromatic carbocycles. The van der Waals surface area contributed by atoms with Gasteiger partial charge in [0.05, 0.1) is 6.42 Å². The SMILES string of the molecule is CC(C)c1nccn1CCC(=O)Nc1ccc2c(c1)N(C(=O)Cc1ccccc1)CC2. The first kappa shape index (κ1) is 20.8. The summed E-state index contributed by atoms with van der Waals surface area (Å²) in [6.07, 6.45) is 5.26. The third-order valence-corrected chi connectivity index (χ3v) is 5.61. The molecule has 3 aromatic rings. The Morgan fingerprint density at radius 2 is 1.94 bits per heavy atom. The second-order valence-electron chi connectivity index (χ2n) is 8.23. The highest BCUT2D eigenvalue weighted by Crippen LogP contribution is 2.31. The molecule has 0 saturated carbocycles. The number of amides is 2. The van der Waals surface area contributed by atoms with E-state index in [4.69, 9.17) is 0 Å². The molecule has 2 heterocycles. The van der Waals surface area contributed by atoms with Gasteiger partial charge in [-0.25, -0.2) is 4.98 Å². The molecule has 0 aliphatic carbocycles. The van der Waals surface area contributed by atoms with E-state index >= 15 is 0 Å². The summed E-state index contributed by atoms with van der Waals surface area (Å²) in [5.41, 5.74) is 3.76. The number of nitrogens with zero attached hydrogens (tertiary/aromatic N) is 3. The number of carbonyl (C=O) groups is 2. The lowest BCUT2D eigenvalue weighted by Crippen LogP contribution is -2.30. The van der Waals surface area contributed by atoms with Gasteiger partial charge in [0.2, 0.25) is 11.8 Å². The number of nitrogens with one attached hydrogen (secondary N) is 1. The van der Waals surface area contributed by atoms with Gasteiger partial charge in [-0.2, -0.15) is 0 Å². The monoisotopic (exact) mass is 416 g/mol. The van der Waals surface area contributed by atoms with Crippen molar-refractivity contribution in [1.29, 1.82) is 0 Å². The minimum absolute atomic E-state index is 0.0523. The van der Waals surface area contributed by atoms with Crippen LogP contribution in [0.1, 0.15) is 43.1 Å². The molecule has 2 amide bonds. The highest BCUT2D eigenvalue weighted by Gasteiger charge is 2.25. The third kappa shape index (κ3) is 4.85. The van der Waals surface area contributed by atoms with Crippen LogP contribution in [0.4, 0.5) is 11.4 Å². The Hall–Kier alpha value is -3.41. The van der Waals surface area contributed by atoms with Crippen molar-refractivity contribution < 1.29 is 9.59 Å². The zero-order valence-electron chi connectivity index (χ0n) is 18.0. The van der Waals surface area contributed by atoms with Crippen molar-refractivity contribution in [3.63, 3.8) is 0 Å². The fourth-order valence-corrected chi connectivity index (χ4v) is 4.04. The van der Waals surface area contributed by atoms with Crippen LogP contribution in [-0.4, -0.2) is 27.9 Å². The number of hydrogen-bond acceptors (Lipinski definition) is 3. The van der Waals surface area contributed by atoms with Crippen molar-refractivity contribution in [3.05, 3.63) is 77.9 Å². The van der Waals surface area contributed by atoms with Crippen LogP contribution in [0.15, 0.2) is 60.9 Å². The molecule has 0 radical (unpaired) electrons. The molecule has 1 aromatic heterocycles. The largest absolute Gasteiger partial charge is 0.334 e. The lowest BCUT2D eigenvalue weighted by Gasteiger charge is -2.18. The first-order valence-corrected chi connectivity index (χ1v) is 10.8. The molecule has 0 saturated heterocycles. The maximum Gasteiger partial charge on any atom is 0.231 e. The summed E-state index contributed by atoms with van der Waals surface area (Å²) in [6.45, 7) is 5.45. The van der Waals surface area contributed by atoms with E-state index in [9.17, 15) is 9.59 Å². The maximum absolute atomic E-state index is 12.9. The Kier molecular flexibility index (Phi) is 6.16. The van der Waals surface area contributed by atoms with Crippen LogP contribution in [0.25, 0.3) is 0 Å². The predicted molar refractivity (Wildman–Crippen MR) is 122 cm³/mol. The molecular formula is C25H28N4O2. The van der Waals surface area contributed by atoms with E-state index in [1.807, 2.05) is 64.2 Å². The minimum Gasteiger partial charge on any atom is -0.334 e. The topological polar surface area (TPSA) is 67.2 Å². The normalized spacial score (nSPS) is 12.8. The van der Waals surface area contributed by atoms with Gasteiger partial charge in [-0.1, -0.05) is 50.2 Å². The molecule has 1 aliphatic heterocycles. The lowest BCUT2D eigenvalue weighted by molar-refractivity contribution is -0.118. The summed E-state index contributed by atoms with van der Waals surface area (Å²) in [5, 5.41) is 2.98. The highest BCUT2D eigenvalue weighted by atomic mass is 16.2. The van der Waals surface area contributed by atoms with Gasteiger partial charge >= 0.3 is 0 Å². The zero-order valence-corrected chi connectivity index (χ0v) is 18.0. The van der Waals surface area contributed by atoms with Gasteiger partial charge in [0, 0.05) is 49.2 Å². The van der Waals surface area contributed by atoms with E-state index in [1.165, 1.54) is 0 Å². The smallest absolute Gasteiger partial charge is 0.231 e. The molecule has 6 heteroatoms. The van der Waals surface area contributed by atoms with E-state index in [0.717, 1.165) is 34.7 Å². The summed E-state index contributed by atoms with van der Waals surface area (Å²) in [4.78, 5) is 31.6. The quantitative estimate of drug-likeness (QED) is 0.629. The Bertz CT molecular complexity index is 1070. The van der Waals surface area contributed by atoms with E-state index in [-0.39, 0.29) is 11.8 Å². The van der Waals surface area contributed by atoms with Gasteiger partial charge in [0.1, 0.15) is 5.82 Å². The second kappa shape index (κ2) is 9.16. The molecule has 31 heavy (non-hydrogen) atoms. The van der Waals surface area contributed by atoms with Gasteiger partial charge in [-0.3, -0.25) is 9.59 Å². The highest BCUT2D eigenvalue weighted by molar-refractivity contribution is 5.98. The molecule has 1 N–H and O–H groups in total. The lowest BCUT2D eigenvalue weighted by atomic mass is 10.1. The number of imidazole rings is 1. The van der Waals surface area contributed by atoms with Crippen LogP contribution >= 0.6 is 0 Å². The summed E-state index contributed by atoms with van der Waals surface area (Å²) >= 11 is 0. The van der Waals surface area contributed by atoms with E-state index in [0.29, 0.717) is 31.8 Å². The predicted octanol–water partition coefficient (Wildman–Crippen LogP) is 4.17. The molecule has 160 valence electrons. The molecule has 0 bridgehead atoms. The van der Waals surface area contributed by atoms with E-state index in [1.54, 1.807) is 6.20 Å². The van der Waals surface area contributed by atoms with Crippen LogP contribution < -0.4 is 10.2 Å². The molecule has 0 fully saturated rings. The van der Waals surface area contributed by atoms with Crippen LogP contribution in [-0.2, 0) is 29.0 Å². The number of aryl methyl sites for hydroxylation is 1. The van der Waals surface area contributed by atoms with Crippen molar-refractivity contribution in [2.45, 2.75) is 45.6 Å². The third-order valence-electron chi connectivity index (χ3n) is 5.61. The summed E-state index contributed by atoms with van der Waals surface area (Å²) in [5.74, 6) is 1.32. The van der Waals surface area contributed by atoms with Gasteiger partial charge in [-0.15, -0.1) is 0 Å². The number of hydrogen-bond donors (Lipinski definition) is 1. The van der Waals surface area contributed by atoms with Gasteiger partial charge in [0.25, 0.3) is 0 Å². The average molecular weight is 417 g/mol. The first-order valence-electron chi connectivity index (χ1n) is 10.8. The van der Waals surface area contributed by atoms with Crippen LogP contribution in [0.2, 0.25) is 0 Å². The number of anilines is 2. The Morgan fingerprint density at radius 1 is 1.13 bits per heavy atom. The number of fused-ring (bicyclic) bond motifs is 1. The minimum atomic E-state index is -0.0523. The van der Waals surface area contributed by atoms with Crippen molar-refractivity contribution in [1.82, 2.24) is 9.55 Å². The van der Waals surface area contributed by atoms with E-state index in [2.05, 4.69) is 24.1 Å². The second-order valence-corrected chi connectivity index (χ2v) is 8.23. The molecule has 0 atom stereocenters. The standard InChI is InChI=1S/C25H28N4O2/c1-18(2)25-26-12-15-28(25)13-11-23(30)27-21-9-8-20-10-14-29(22(20)17-21)24(31)16-19-6-4-3-5-7-19/h3-9,12,15,17-18H,10-11,13-14,16H2,1-2H3,(H,27,30). The van der Waals surface area contributed by atoms with Gasteiger partial charge in [-0.05, 0) is 29.7 Å². The van der Waals surface area contributed by atoms with Crippen molar-refractivity contribution in [3.8, 4) is 0 Å². The molecule has 0 unspecified atom stereocenters. The van der Waals surface area contributed by atoms with Gasteiger partial charge in [0.15, 0.2) is 0 Å². The zero-order chi connectivity index (χ0) is 21.8. The van der Waals surface area contributed by atoms with Crippen LogP contribution in [0, 0.1) is 0 Å². The first-order chi connectivity index (χ1) is 15.0. The average Bonchev–Trinajstić information content (AvgIpc) is 3.40. The molecule has 6 nitrogen and oxygen atoms in total. The van der Waals surface area contributed by atoms with Crippen molar-refractivity contribution in [2.24, 2.45) is 0 Å². The Balaban J connectivity index is 1.39. The number of aromatic nitrogens is 2. The summed E-state index contributed by atoms with van der Waals surface area (Å²) in [7, 11) is 0. The van der Waals surface area contributed by atoms with Crippen molar-refractivity contribution >= 4 is 23.2 Å². The van der Waals surface area contributed by atoms with Crippen LogP contribution in [0.5, 0.6) is 0 Å². The molecule has 0 spiro atoms.